The molecule has 2 aromatic heterocycles. The van der Waals surface area contributed by atoms with Gasteiger partial charge in [0, 0.05) is 18.6 Å². The fraction of sp³-hybridized carbons (Fsp3) is 0.200. The molecule has 5 heteroatoms. The summed E-state index contributed by atoms with van der Waals surface area (Å²) in [5.41, 5.74) is 2.09. The van der Waals surface area contributed by atoms with Crippen LogP contribution in [-0.2, 0) is 0 Å². The van der Waals surface area contributed by atoms with Gasteiger partial charge in [0.15, 0.2) is 11.5 Å². The summed E-state index contributed by atoms with van der Waals surface area (Å²) >= 11 is 3.44. The number of halogens is 1. The molecule has 3 rings (SSSR count). The lowest BCUT2D eigenvalue weighted by Gasteiger charge is -2.18. The van der Waals surface area contributed by atoms with Crippen molar-refractivity contribution in [2.75, 3.05) is 5.32 Å². The van der Waals surface area contributed by atoms with Gasteiger partial charge in [-0.25, -0.2) is 9.97 Å². The van der Waals surface area contributed by atoms with Crippen LogP contribution in [0.15, 0.2) is 53.5 Å². The van der Waals surface area contributed by atoms with Crippen molar-refractivity contribution in [2.45, 2.75) is 19.4 Å². The Balaban J connectivity index is 1.97. The van der Waals surface area contributed by atoms with E-state index in [1.807, 2.05) is 22.9 Å². The smallest absolute Gasteiger partial charge is 0.180 e. The van der Waals surface area contributed by atoms with Crippen molar-refractivity contribution in [1.29, 1.82) is 0 Å². The minimum absolute atomic E-state index is 0.221. The number of hydrogen-bond acceptors (Lipinski definition) is 3. The molecule has 20 heavy (non-hydrogen) atoms. The molecule has 0 aliphatic carbocycles. The molecule has 3 aromatic rings. The number of aromatic nitrogens is 3. The third kappa shape index (κ3) is 2.54. The number of fused-ring (bicyclic) bond motifs is 1. The van der Waals surface area contributed by atoms with Gasteiger partial charge in [-0.1, -0.05) is 37.3 Å². The summed E-state index contributed by atoms with van der Waals surface area (Å²) in [4.78, 5) is 8.87. The summed E-state index contributed by atoms with van der Waals surface area (Å²) in [5.74, 6) is 0.792. The van der Waals surface area contributed by atoms with Crippen molar-refractivity contribution < 1.29 is 0 Å². The van der Waals surface area contributed by atoms with Crippen molar-refractivity contribution in [3.63, 3.8) is 0 Å². The molecule has 1 N–H and O–H groups in total. The molecule has 1 unspecified atom stereocenters. The molecule has 0 radical (unpaired) electrons. The molecule has 0 bridgehead atoms. The minimum Gasteiger partial charge on any atom is -0.360 e. The molecule has 0 fully saturated rings. The van der Waals surface area contributed by atoms with E-state index in [4.69, 9.17) is 0 Å². The van der Waals surface area contributed by atoms with Crippen molar-refractivity contribution in [3.05, 3.63) is 59.1 Å². The Morgan fingerprint density at radius 2 is 2.10 bits per heavy atom. The molecule has 0 amide bonds. The molecule has 1 aromatic carbocycles. The van der Waals surface area contributed by atoms with Crippen LogP contribution in [0.1, 0.15) is 24.9 Å². The number of rotatable bonds is 4. The van der Waals surface area contributed by atoms with Gasteiger partial charge >= 0.3 is 0 Å². The topological polar surface area (TPSA) is 42.2 Å². The molecule has 2 heterocycles. The summed E-state index contributed by atoms with van der Waals surface area (Å²) in [7, 11) is 0. The number of nitrogens with zero attached hydrogens (tertiary/aromatic N) is 3. The molecular formula is C15H15BrN4. The Bertz CT molecular complexity index is 708. The van der Waals surface area contributed by atoms with Crippen LogP contribution in [-0.4, -0.2) is 14.4 Å². The van der Waals surface area contributed by atoms with E-state index in [1.54, 1.807) is 6.20 Å². The number of hydrogen-bond donors (Lipinski definition) is 1. The van der Waals surface area contributed by atoms with Crippen molar-refractivity contribution in [1.82, 2.24) is 14.4 Å². The van der Waals surface area contributed by atoms with Gasteiger partial charge in [-0.15, -0.1) is 0 Å². The molecule has 102 valence electrons. The zero-order valence-electron chi connectivity index (χ0n) is 11.1. The third-order valence-corrected chi connectivity index (χ3v) is 3.65. The predicted molar refractivity (Wildman–Crippen MR) is 83.8 cm³/mol. The van der Waals surface area contributed by atoms with Crippen molar-refractivity contribution in [2.24, 2.45) is 0 Å². The van der Waals surface area contributed by atoms with Crippen LogP contribution in [0.2, 0.25) is 0 Å². The standard InChI is InChI=1S/C15H15BrN4/c1-2-12(11-6-4-3-5-7-11)18-14-15-17-8-9-20(15)10-13(16)19-14/h3-10,12H,2H2,1H3,(H,18,19). The first-order valence-corrected chi connectivity index (χ1v) is 7.38. The van der Waals surface area contributed by atoms with Gasteiger partial charge in [0.1, 0.15) is 4.60 Å². The lowest BCUT2D eigenvalue weighted by molar-refractivity contribution is 0.744. The van der Waals surface area contributed by atoms with Crippen molar-refractivity contribution in [3.8, 4) is 0 Å². The fourth-order valence-corrected chi connectivity index (χ4v) is 2.67. The highest BCUT2D eigenvalue weighted by atomic mass is 79.9. The summed E-state index contributed by atoms with van der Waals surface area (Å²) in [6.45, 7) is 2.16. The summed E-state index contributed by atoms with van der Waals surface area (Å²) in [6.07, 6.45) is 6.57. The van der Waals surface area contributed by atoms with Crippen LogP contribution in [0.4, 0.5) is 5.82 Å². The van der Waals surface area contributed by atoms with Gasteiger partial charge in [-0.05, 0) is 27.9 Å². The first kappa shape index (κ1) is 13.1. The Labute approximate surface area is 126 Å². The summed E-state index contributed by atoms with van der Waals surface area (Å²) in [6, 6.07) is 10.6. The van der Waals surface area contributed by atoms with Crippen LogP contribution in [0, 0.1) is 0 Å². The van der Waals surface area contributed by atoms with E-state index in [1.165, 1.54) is 5.56 Å². The highest BCUT2D eigenvalue weighted by molar-refractivity contribution is 9.10. The first-order valence-electron chi connectivity index (χ1n) is 6.58. The van der Waals surface area contributed by atoms with Gasteiger partial charge in [0.2, 0.25) is 0 Å². The molecule has 0 aliphatic rings. The SMILES string of the molecule is CCC(Nc1nc(Br)cn2ccnc12)c1ccccc1. The fourth-order valence-electron chi connectivity index (χ4n) is 2.27. The quantitative estimate of drug-likeness (QED) is 0.784. The molecule has 0 saturated carbocycles. The Hall–Kier alpha value is -1.88. The maximum atomic E-state index is 4.51. The van der Waals surface area contributed by atoms with Crippen LogP contribution in [0.25, 0.3) is 5.65 Å². The first-order chi connectivity index (χ1) is 9.78. The summed E-state index contributed by atoms with van der Waals surface area (Å²) in [5, 5.41) is 3.49. The lowest BCUT2D eigenvalue weighted by atomic mass is 10.0. The van der Waals surface area contributed by atoms with E-state index in [0.29, 0.717) is 0 Å². The summed E-state index contributed by atoms with van der Waals surface area (Å²) < 4.78 is 2.74. The van der Waals surface area contributed by atoms with Gasteiger partial charge in [0.05, 0.1) is 6.04 Å². The Morgan fingerprint density at radius 3 is 2.85 bits per heavy atom. The normalized spacial score (nSPS) is 12.5. The van der Waals surface area contributed by atoms with Crippen LogP contribution in [0.5, 0.6) is 0 Å². The molecule has 1 atom stereocenters. The van der Waals surface area contributed by atoms with Crippen LogP contribution < -0.4 is 5.32 Å². The third-order valence-electron chi connectivity index (χ3n) is 3.27. The van der Waals surface area contributed by atoms with Gasteiger partial charge in [-0.3, -0.25) is 0 Å². The molecule has 0 saturated heterocycles. The Morgan fingerprint density at radius 1 is 1.30 bits per heavy atom. The van der Waals surface area contributed by atoms with E-state index in [-0.39, 0.29) is 6.04 Å². The Kier molecular flexibility index (Phi) is 3.69. The average molecular weight is 331 g/mol. The van der Waals surface area contributed by atoms with Gasteiger partial charge in [-0.2, -0.15) is 0 Å². The number of anilines is 1. The average Bonchev–Trinajstić information content (AvgIpc) is 2.93. The number of benzene rings is 1. The lowest BCUT2D eigenvalue weighted by Crippen LogP contribution is -2.12. The monoisotopic (exact) mass is 330 g/mol. The van der Waals surface area contributed by atoms with E-state index < -0.39 is 0 Å². The highest BCUT2D eigenvalue weighted by Gasteiger charge is 2.13. The number of nitrogens with one attached hydrogen (secondary N) is 1. The van der Waals surface area contributed by atoms with Crippen LogP contribution in [0.3, 0.4) is 0 Å². The maximum Gasteiger partial charge on any atom is 0.180 e. The second-order valence-electron chi connectivity index (χ2n) is 4.59. The largest absolute Gasteiger partial charge is 0.360 e. The molecule has 4 nitrogen and oxygen atoms in total. The highest BCUT2D eigenvalue weighted by Crippen LogP contribution is 2.24. The molecule has 0 spiro atoms. The second-order valence-corrected chi connectivity index (χ2v) is 5.40. The van der Waals surface area contributed by atoms with Crippen LogP contribution >= 0.6 is 15.9 Å². The molecule has 0 aliphatic heterocycles. The predicted octanol–water partition coefficient (Wildman–Crippen LogP) is 4.06. The molecular weight excluding hydrogens is 316 g/mol. The number of imidazole rings is 1. The van der Waals surface area contributed by atoms with E-state index in [2.05, 4.69) is 62.4 Å². The minimum atomic E-state index is 0.221. The second kappa shape index (κ2) is 5.63. The van der Waals surface area contributed by atoms with Gasteiger partial charge in [0.25, 0.3) is 0 Å². The van der Waals surface area contributed by atoms with Crippen molar-refractivity contribution >= 4 is 27.4 Å². The zero-order valence-corrected chi connectivity index (χ0v) is 12.7. The van der Waals surface area contributed by atoms with E-state index in [9.17, 15) is 0 Å². The van der Waals surface area contributed by atoms with E-state index >= 15 is 0 Å². The van der Waals surface area contributed by atoms with E-state index in [0.717, 1.165) is 22.5 Å². The maximum absolute atomic E-state index is 4.51. The van der Waals surface area contributed by atoms with Gasteiger partial charge < -0.3 is 9.72 Å². The zero-order chi connectivity index (χ0) is 13.9.